The first-order valence-corrected chi connectivity index (χ1v) is 19.8. The van der Waals surface area contributed by atoms with Crippen molar-refractivity contribution >= 4 is 5.78 Å². The number of carbonyl (C=O) groups is 1. The van der Waals surface area contributed by atoms with E-state index < -0.39 is 80.4 Å². The number of rotatable bonds is 7. The summed E-state index contributed by atoms with van der Waals surface area (Å²) in [5, 5.41) is 73.3. The van der Waals surface area contributed by atoms with Gasteiger partial charge in [-0.15, -0.1) is 0 Å². The molecule has 0 aromatic carbocycles. The second-order valence-electron chi connectivity index (χ2n) is 17.9. The van der Waals surface area contributed by atoms with E-state index in [9.17, 15) is 40.5 Å². The fourth-order valence-corrected chi connectivity index (χ4v) is 11.7. The highest BCUT2D eigenvalue weighted by atomic mass is 16.8. The highest BCUT2D eigenvalue weighted by molar-refractivity contribution is 5.94. The first kappa shape index (κ1) is 39.2. The minimum absolute atomic E-state index is 0.0436. The van der Waals surface area contributed by atoms with Gasteiger partial charge in [-0.05, 0) is 105 Å². The molecule has 0 spiro atoms. The van der Waals surface area contributed by atoms with Gasteiger partial charge in [0.15, 0.2) is 24.7 Å². The van der Waals surface area contributed by atoms with Gasteiger partial charge in [0.25, 0.3) is 0 Å². The van der Waals surface area contributed by atoms with Crippen molar-refractivity contribution in [2.75, 3.05) is 6.61 Å². The molecular weight excluding hydrogens is 676 g/mol. The first-order valence-electron chi connectivity index (χ1n) is 19.8. The molecule has 3 aliphatic heterocycles. The van der Waals surface area contributed by atoms with E-state index in [1.807, 2.05) is 13.0 Å². The van der Waals surface area contributed by atoms with E-state index in [0.717, 1.165) is 44.9 Å². The van der Waals surface area contributed by atoms with Crippen molar-refractivity contribution in [1.29, 1.82) is 0 Å². The number of hydrogen-bond acceptors (Lipinski definition) is 13. The molecule has 3 heterocycles. The van der Waals surface area contributed by atoms with Gasteiger partial charge in [0.05, 0.1) is 24.9 Å². The van der Waals surface area contributed by atoms with Crippen LogP contribution in [-0.2, 0) is 28.5 Å². The summed E-state index contributed by atoms with van der Waals surface area (Å²) < 4.78 is 30.0. The molecule has 13 nitrogen and oxygen atoms in total. The molecule has 7 aliphatic rings. The zero-order valence-electron chi connectivity index (χ0n) is 31.2. The number of ketones is 1. The minimum atomic E-state index is -1.66. The van der Waals surface area contributed by atoms with Gasteiger partial charge in [-0.3, -0.25) is 4.79 Å². The van der Waals surface area contributed by atoms with Crippen LogP contribution in [0, 0.1) is 46.3 Å². The van der Waals surface area contributed by atoms with E-state index >= 15 is 0 Å². The van der Waals surface area contributed by atoms with Crippen molar-refractivity contribution in [3.63, 3.8) is 0 Å². The topological polar surface area (TPSA) is 205 Å². The van der Waals surface area contributed by atoms with E-state index in [1.165, 1.54) is 12.5 Å². The predicted molar refractivity (Wildman–Crippen MR) is 184 cm³/mol. The molecule has 52 heavy (non-hydrogen) atoms. The van der Waals surface area contributed by atoms with E-state index in [2.05, 4.69) is 20.8 Å². The van der Waals surface area contributed by atoms with Crippen LogP contribution in [0.5, 0.6) is 0 Å². The van der Waals surface area contributed by atoms with E-state index in [-0.39, 0.29) is 40.5 Å². The molecule has 0 amide bonds. The molecule has 21 atom stereocenters. The lowest BCUT2D eigenvalue weighted by atomic mass is 9.47. The molecule has 6 fully saturated rings. The van der Waals surface area contributed by atoms with Crippen molar-refractivity contribution in [1.82, 2.24) is 0 Å². The van der Waals surface area contributed by atoms with Gasteiger partial charge in [0.1, 0.15) is 42.7 Å². The van der Waals surface area contributed by atoms with Gasteiger partial charge in [-0.2, -0.15) is 0 Å². The lowest BCUT2D eigenvalue weighted by molar-refractivity contribution is -0.370. The van der Waals surface area contributed by atoms with Crippen molar-refractivity contribution in [2.24, 2.45) is 46.3 Å². The van der Waals surface area contributed by atoms with Crippen LogP contribution >= 0.6 is 0 Å². The molecule has 296 valence electrons. The standard InChI is InChI=1S/C39H62O13/c1-17-6-9-27(50-35(17)47)18(2)22-7-8-23-21-15-26(41)25-14-20(10-12-39(25,5)24(21)11-13-38(22,23)4)49-37-34(32(45)30(43)28(16-40)51-37)52-36-33(46)31(44)29(42)19(3)48-36/h15,17-20,22-25,27-37,40,42-47H,6-14,16H2,1-5H3/t17-,18+,19+,20+,22-,23-,24+,25-,27-,28-,29+,30-,31-,32+,33-,34-,35-,36+,37-,38-,39-/m1/s1. The van der Waals surface area contributed by atoms with Gasteiger partial charge in [-0.1, -0.05) is 33.3 Å². The Labute approximate surface area is 306 Å². The van der Waals surface area contributed by atoms with Gasteiger partial charge in [0, 0.05) is 11.8 Å². The van der Waals surface area contributed by atoms with Crippen LogP contribution in [-0.4, -0.2) is 128 Å². The molecule has 0 bridgehead atoms. The van der Waals surface area contributed by atoms with Crippen LogP contribution in [0.15, 0.2) is 11.6 Å². The molecule has 0 unspecified atom stereocenters. The number of hydrogen-bond donors (Lipinski definition) is 7. The fraction of sp³-hybridized carbons (Fsp3) is 0.923. The molecule has 0 aromatic heterocycles. The van der Waals surface area contributed by atoms with Gasteiger partial charge >= 0.3 is 0 Å². The van der Waals surface area contributed by atoms with E-state index in [0.29, 0.717) is 30.6 Å². The number of aliphatic hydroxyl groups excluding tert-OH is 7. The summed E-state index contributed by atoms with van der Waals surface area (Å²) in [5.41, 5.74) is 1.12. The number of aliphatic hydroxyl groups is 7. The second kappa shape index (κ2) is 14.8. The van der Waals surface area contributed by atoms with Crippen LogP contribution in [0.2, 0.25) is 0 Å². The quantitative estimate of drug-likeness (QED) is 0.198. The molecule has 3 saturated heterocycles. The van der Waals surface area contributed by atoms with Gasteiger partial charge < -0.3 is 59.4 Å². The summed E-state index contributed by atoms with van der Waals surface area (Å²) in [5.74, 6) is 1.36. The minimum Gasteiger partial charge on any atom is -0.394 e. The average molecular weight is 739 g/mol. The van der Waals surface area contributed by atoms with Crippen LogP contribution < -0.4 is 0 Å². The number of ether oxygens (including phenoxy) is 5. The van der Waals surface area contributed by atoms with Crippen LogP contribution in [0.4, 0.5) is 0 Å². The SMILES string of the molecule is C[C@@H]([C@H]1CC[C@@H]2C3=CC(=O)[C@H]4C[C@@H](O[C@@H]5O[C@H](CO)[C@@H](O)[C@H](O)[C@H]5O[C@@H]5O[C@@H](C)[C@H](O)[C@@H](O)[C@H]5O)CC[C@]4(C)[C@H]3CC[C@@]21C)[C@H]1CC[C@@H](C)[C@H](O)O1. The highest BCUT2D eigenvalue weighted by Gasteiger charge is 2.61. The number of allylic oxidation sites excluding steroid dienone is 2. The molecule has 0 aromatic rings. The smallest absolute Gasteiger partial charge is 0.187 e. The molecule has 4 aliphatic carbocycles. The Morgan fingerprint density at radius 3 is 2.19 bits per heavy atom. The van der Waals surface area contributed by atoms with E-state index in [4.69, 9.17) is 23.7 Å². The Morgan fingerprint density at radius 1 is 0.769 bits per heavy atom. The Kier molecular flexibility index (Phi) is 11.1. The van der Waals surface area contributed by atoms with E-state index in [1.54, 1.807) is 0 Å². The monoisotopic (exact) mass is 738 g/mol. The molecule has 3 saturated carbocycles. The summed E-state index contributed by atoms with van der Waals surface area (Å²) in [4.78, 5) is 14.2. The van der Waals surface area contributed by atoms with Crippen LogP contribution in [0.3, 0.4) is 0 Å². The Morgan fingerprint density at radius 2 is 1.48 bits per heavy atom. The Bertz CT molecular complexity index is 1330. The number of fused-ring (bicyclic) bond motifs is 5. The average Bonchev–Trinajstić information content (AvgIpc) is 3.47. The fourth-order valence-electron chi connectivity index (χ4n) is 11.7. The predicted octanol–water partition coefficient (Wildman–Crippen LogP) is 1.55. The lowest BCUT2D eigenvalue weighted by Crippen LogP contribution is -2.64. The van der Waals surface area contributed by atoms with Crippen molar-refractivity contribution in [2.45, 2.75) is 172 Å². The summed E-state index contributed by atoms with van der Waals surface area (Å²) in [6.07, 6.45) is -5.20. The number of carbonyl (C=O) groups excluding carboxylic acids is 1. The molecule has 7 rings (SSSR count). The van der Waals surface area contributed by atoms with Gasteiger partial charge in [0.2, 0.25) is 0 Å². The van der Waals surface area contributed by atoms with Crippen molar-refractivity contribution in [3.05, 3.63) is 11.6 Å². The van der Waals surface area contributed by atoms with Crippen LogP contribution in [0.1, 0.15) is 92.4 Å². The zero-order chi connectivity index (χ0) is 37.4. The highest BCUT2D eigenvalue weighted by Crippen LogP contribution is 2.67. The third-order valence-electron chi connectivity index (χ3n) is 15.1. The summed E-state index contributed by atoms with van der Waals surface area (Å²) in [7, 11) is 0. The summed E-state index contributed by atoms with van der Waals surface area (Å²) >= 11 is 0. The first-order chi connectivity index (χ1) is 24.6. The third kappa shape index (κ3) is 6.56. The largest absolute Gasteiger partial charge is 0.394 e. The Hall–Kier alpha value is -1.07. The normalized spacial score (nSPS) is 54.5. The van der Waals surface area contributed by atoms with Crippen molar-refractivity contribution < 1.29 is 64.2 Å². The lowest BCUT2D eigenvalue weighted by Gasteiger charge is -2.57. The molecule has 0 radical (unpaired) electrons. The maximum absolute atomic E-state index is 14.2. The van der Waals surface area contributed by atoms with Crippen molar-refractivity contribution in [3.8, 4) is 0 Å². The zero-order valence-corrected chi connectivity index (χ0v) is 31.2. The van der Waals surface area contributed by atoms with Gasteiger partial charge in [-0.25, -0.2) is 0 Å². The summed E-state index contributed by atoms with van der Waals surface area (Å²) in [6, 6.07) is 0. The maximum atomic E-state index is 14.2. The Balaban J connectivity index is 1.06. The summed E-state index contributed by atoms with van der Waals surface area (Å²) in [6.45, 7) is 9.92. The van der Waals surface area contributed by atoms with Crippen LogP contribution in [0.25, 0.3) is 0 Å². The molecule has 7 N–H and O–H groups in total. The molecule has 13 heteroatoms. The second-order valence-corrected chi connectivity index (χ2v) is 17.9. The maximum Gasteiger partial charge on any atom is 0.187 e. The third-order valence-corrected chi connectivity index (χ3v) is 15.1. The molecular formula is C39H62O13.